The van der Waals surface area contributed by atoms with Gasteiger partial charge in [0.1, 0.15) is 5.01 Å². The Kier molecular flexibility index (Phi) is 6.64. The molecule has 0 bridgehead atoms. The van der Waals surface area contributed by atoms with Gasteiger partial charge in [-0.25, -0.2) is 20.1 Å². The SMILES string of the molecule is COc1ccnc(N=C2C=C(c3cnc(C4(Cl)CCN(S(N)(=O)=O)CC4)s3)CC(C)C2)n1. The fourth-order valence-electron chi connectivity index (χ4n) is 3.94. The number of piperidine rings is 1. The van der Waals surface area contributed by atoms with Crippen LogP contribution in [0.2, 0.25) is 0 Å². The molecule has 1 fully saturated rings. The first kappa shape index (κ1) is 23.2. The summed E-state index contributed by atoms with van der Waals surface area (Å²) in [5.41, 5.74) is 2.06. The third-order valence-corrected chi connectivity index (χ3v) is 8.65. The van der Waals surface area contributed by atoms with Crippen LogP contribution in [0.5, 0.6) is 5.88 Å². The second-order valence-electron chi connectivity index (χ2n) is 8.12. The summed E-state index contributed by atoms with van der Waals surface area (Å²) in [6.45, 7) is 2.76. The van der Waals surface area contributed by atoms with E-state index < -0.39 is 15.1 Å². The maximum Gasteiger partial charge on any atom is 0.276 e. The van der Waals surface area contributed by atoms with Crippen molar-refractivity contribution in [1.29, 1.82) is 0 Å². The molecule has 1 aliphatic heterocycles. The van der Waals surface area contributed by atoms with Crippen molar-refractivity contribution in [1.82, 2.24) is 19.3 Å². The third-order valence-electron chi connectivity index (χ3n) is 5.62. The molecule has 0 amide bonds. The van der Waals surface area contributed by atoms with Crippen LogP contribution in [0.15, 0.2) is 29.5 Å². The van der Waals surface area contributed by atoms with Crippen LogP contribution in [0.25, 0.3) is 5.57 Å². The fourth-order valence-corrected chi connectivity index (χ4v) is 6.04. The average Bonchev–Trinajstić information content (AvgIpc) is 3.24. The number of halogens is 1. The van der Waals surface area contributed by atoms with Crippen molar-refractivity contribution in [2.75, 3.05) is 20.2 Å². The maximum atomic E-state index is 11.6. The summed E-state index contributed by atoms with van der Waals surface area (Å²) >= 11 is 8.43. The van der Waals surface area contributed by atoms with Crippen molar-refractivity contribution in [3.05, 3.63) is 34.4 Å². The Labute approximate surface area is 196 Å². The van der Waals surface area contributed by atoms with Crippen molar-refractivity contribution >= 4 is 50.4 Å². The Bertz CT molecular complexity index is 1160. The van der Waals surface area contributed by atoms with Gasteiger partial charge in [0, 0.05) is 37.3 Å². The van der Waals surface area contributed by atoms with Crippen molar-refractivity contribution < 1.29 is 13.2 Å². The van der Waals surface area contributed by atoms with Crippen LogP contribution in [0.3, 0.4) is 0 Å². The second-order valence-corrected chi connectivity index (χ2v) is 11.4. The Morgan fingerprint density at radius 2 is 2.06 bits per heavy atom. The van der Waals surface area contributed by atoms with E-state index in [1.165, 1.54) is 4.31 Å². The quantitative estimate of drug-likeness (QED) is 0.633. The highest BCUT2D eigenvalue weighted by atomic mass is 35.5. The van der Waals surface area contributed by atoms with E-state index in [9.17, 15) is 8.42 Å². The van der Waals surface area contributed by atoms with Crippen LogP contribution in [0.4, 0.5) is 5.95 Å². The summed E-state index contributed by atoms with van der Waals surface area (Å²) in [5.74, 6) is 1.25. The predicted molar refractivity (Wildman–Crippen MR) is 126 cm³/mol. The first-order valence-corrected chi connectivity index (χ1v) is 12.9. The summed E-state index contributed by atoms with van der Waals surface area (Å²) in [6.07, 6.45) is 8.22. The molecule has 12 heteroatoms. The smallest absolute Gasteiger partial charge is 0.276 e. The van der Waals surface area contributed by atoms with Gasteiger partial charge in [-0.3, -0.25) is 0 Å². The predicted octanol–water partition coefficient (Wildman–Crippen LogP) is 3.26. The van der Waals surface area contributed by atoms with Crippen molar-refractivity contribution in [3.8, 4) is 5.88 Å². The lowest BCUT2D eigenvalue weighted by Crippen LogP contribution is -2.45. The Morgan fingerprint density at radius 3 is 2.75 bits per heavy atom. The highest BCUT2D eigenvalue weighted by Crippen LogP contribution is 2.43. The van der Waals surface area contributed by atoms with Crippen molar-refractivity contribution in [3.63, 3.8) is 0 Å². The van der Waals surface area contributed by atoms with Gasteiger partial charge in [0.25, 0.3) is 16.2 Å². The summed E-state index contributed by atoms with van der Waals surface area (Å²) in [5, 5.41) is 6.05. The molecule has 4 rings (SSSR count). The number of alkyl halides is 1. The zero-order valence-electron chi connectivity index (χ0n) is 17.9. The number of nitrogens with two attached hydrogens (primary N) is 1. The molecule has 1 unspecified atom stereocenters. The molecule has 0 spiro atoms. The summed E-state index contributed by atoms with van der Waals surface area (Å²) in [6, 6.07) is 1.68. The number of thiazole rings is 1. The average molecular weight is 497 g/mol. The lowest BCUT2D eigenvalue weighted by molar-refractivity contribution is 0.295. The van der Waals surface area contributed by atoms with Gasteiger partial charge >= 0.3 is 0 Å². The normalized spacial score (nSPS) is 23.2. The van der Waals surface area contributed by atoms with Gasteiger partial charge in [-0.15, -0.1) is 22.9 Å². The standard InChI is InChI=1S/C20H25ClN6O3S2/c1-13-9-14(11-15(10-13)25-19-23-6-3-17(26-19)30-2)16-12-24-18(31-16)20(21)4-7-27(8-5-20)32(22,28)29/h3,6,11-13H,4-5,7-10H2,1-2H3,(H2,22,28,29). The summed E-state index contributed by atoms with van der Waals surface area (Å²) in [4.78, 5) is 18.1. The van der Waals surface area contributed by atoms with Gasteiger partial charge in [0.2, 0.25) is 5.88 Å². The number of aromatic nitrogens is 3. The Hall–Kier alpha value is -1.92. The third kappa shape index (κ3) is 5.18. The fraction of sp³-hybridized carbons (Fsp3) is 0.500. The van der Waals surface area contributed by atoms with Gasteiger partial charge < -0.3 is 4.74 Å². The van der Waals surface area contributed by atoms with Gasteiger partial charge in [0.15, 0.2) is 0 Å². The summed E-state index contributed by atoms with van der Waals surface area (Å²) < 4.78 is 29.6. The topological polar surface area (TPSA) is 124 Å². The molecule has 2 aliphatic rings. The largest absolute Gasteiger partial charge is 0.481 e. The van der Waals surface area contributed by atoms with Crippen molar-refractivity contribution in [2.24, 2.45) is 16.0 Å². The van der Waals surface area contributed by atoms with E-state index in [0.717, 1.165) is 34.0 Å². The molecule has 1 saturated heterocycles. The lowest BCUT2D eigenvalue weighted by atomic mass is 9.88. The molecule has 1 atom stereocenters. The minimum Gasteiger partial charge on any atom is -0.481 e. The van der Waals surface area contributed by atoms with E-state index in [-0.39, 0.29) is 13.1 Å². The van der Waals surface area contributed by atoms with Crippen LogP contribution in [0.1, 0.15) is 42.5 Å². The van der Waals surface area contributed by atoms with E-state index in [1.807, 2.05) is 6.20 Å². The van der Waals surface area contributed by atoms with Crippen LogP contribution in [-0.2, 0) is 15.1 Å². The van der Waals surface area contributed by atoms with E-state index in [2.05, 4.69) is 32.9 Å². The number of allylic oxidation sites excluding steroid dienone is 2. The molecule has 0 aromatic carbocycles. The second kappa shape index (κ2) is 9.14. The summed E-state index contributed by atoms with van der Waals surface area (Å²) in [7, 11) is -2.14. The first-order valence-electron chi connectivity index (χ1n) is 10.2. The highest BCUT2D eigenvalue weighted by Gasteiger charge is 2.39. The molecule has 0 radical (unpaired) electrons. The maximum absolute atomic E-state index is 11.6. The number of rotatable bonds is 5. The molecule has 2 N–H and O–H groups in total. The zero-order chi connectivity index (χ0) is 22.9. The molecule has 172 valence electrons. The van der Waals surface area contributed by atoms with Crippen LogP contribution < -0.4 is 9.88 Å². The molecular formula is C20H25ClN6O3S2. The molecular weight excluding hydrogens is 472 g/mol. The molecule has 3 heterocycles. The van der Waals surface area contributed by atoms with Crippen LogP contribution >= 0.6 is 22.9 Å². The Morgan fingerprint density at radius 1 is 1.31 bits per heavy atom. The number of ether oxygens (including phenoxy) is 1. The lowest BCUT2D eigenvalue weighted by Gasteiger charge is -2.34. The molecule has 1 aliphatic carbocycles. The molecule has 9 nitrogen and oxygen atoms in total. The zero-order valence-corrected chi connectivity index (χ0v) is 20.3. The number of methoxy groups -OCH3 is 1. The number of hydrogen-bond donors (Lipinski definition) is 1. The number of hydrogen-bond acceptors (Lipinski definition) is 8. The molecule has 32 heavy (non-hydrogen) atoms. The molecule has 0 saturated carbocycles. The monoisotopic (exact) mass is 496 g/mol. The highest BCUT2D eigenvalue weighted by molar-refractivity contribution is 7.86. The Balaban J connectivity index is 1.55. The van der Waals surface area contributed by atoms with Gasteiger partial charge in [-0.2, -0.15) is 17.7 Å². The number of aliphatic imine (C=N–C) groups is 1. The number of nitrogens with zero attached hydrogens (tertiary/aromatic N) is 5. The van der Waals surface area contributed by atoms with E-state index >= 15 is 0 Å². The van der Waals surface area contributed by atoms with E-state index in [0.29, 0.717) is 30.6 Å². The van der Waals surface area contributed by atoms with E-state index in [1.54, 1.807) is 30.7 Å². The molecule has 2 aromatic heterocycles. The van der Waals surface area contributed by atoms with Gasteiger partial charge in [-0.05, 0) is 43.3 Å². The minimum atomic E-state index is -3.70. The van der Waals surface area contributed by atoms with Gasteiger partial charge in [0.05, 0.1) is 16.9 Å². The van der Waals surface area contributed by atoms with E-state index in [4.69, 9.17) is 21.5 Å². The first-order chi connectivity index (χ1) is 15.2. The minimum absolute atomic E-state index is 0.286. The van der Waals surface area contributed by atoms with Crippen LogP contribution in [0, 0.1) is 5.92 Å². The van der Waals surface area contributed by atoms with Crippen molar-refractivity contribution in [2.45, 2.75) is 37.5 Å². The molecule has 2 aromatic rings. The van der Waals surface area contributed by atoms with Crippen LogP contribution in [-0.4, -0.2) is 53.6 Å². The van der Waals surface area contributed by atoms with Gasteiger partial charge in [-0.1, -0.05) is 6.92 Å².